The monoisotopic (exact) mass is 237 g/mol. The first kappa shape index (κ1) is 10.7. The van der Waals surface area contributed by atoms with Crippen LogP contribution in [0.25, 0.3) is 0 Å². The van der Waals surface area contributed by atoms with Crippen molar-refractivity contribution < 1.29 is 4.42 Å². The molecule has 0 bridgehead atoms. The lowest BCUT2D eigenvalue weighted by Crippen LogP contribution is -2.00. The third-order valence-corrected chi connectivity index (χ3v) is 2.55. The van der Waals surface area contributed by atoms with Crippen molar-refractivity contribution in [2.24, 2.45) is 0 Å². The molecule has 16 heavy (non-hydrogen) atoms. The first-order valence-electron chi connectivity index (χ1n) is 4.59. The molecule has 7 heteroatoms. The number of hydrogen-bond acceptors (Lipinski definition) is 7. The molecule has 0 fully saturated rings. The summed E-state index contributed by atoms with van der Waals surface area (Å²) < 4.78 is 5.21. The zero-order chi connectivity index (χ0) is 11.5. The van der Waals surface area contributed by atoms with Gasteiger partial charge >= 0.3 is 0 Å². The highest BCUT2D eigenvalue weighted by Crippen LogP contribution is 2.26. The van der Waals surface area contributed by atoms with Crippen LogP contribution in [0.15, 0.2) is 27.0 Å². The number of nitrogen functional groups attached to an aromatic ring is 1. The Labute approximate surface area is 96.7 Å². The minimum Gasteiger partial charge on any atom is -0.439 e. The molecule has 0 aliphatic carbocycles. The molecule has 0 aromatic carbocycles. The van der Waals surface area contributed by atoms with E-state index < -0.39 is 0 Å². The van der Waals surface area contributed by atoms with Gasteiger partial charge in [-0.15, -0.1) is 0 Å². The van der Waals surface area contributed by atoms with Crippen molar-refractivity contribution in [3.8, 4) is 0 Å². The Morgan fingerprint density at radius 2 is 2.19 bits per heavy atom. The molecule has 0 spiro atoms. The van der Waals surface area contributed by atoms with Crippen molar-refractivity contribution in [2.75, 3.05) is 18.1 Å². The number of rotatable bonds is 3. The van der Waals surface area contributed by atoms with E-state index in [0.29, 0.717) is 16.1 Å². The number of oxazole rings is 1. The largest absolute Gasteiger partial charge is 0.439 e. The lowest BCUT2D eigenvalue weighted by atomic mass is 10.6. The maximum Gasteiger partial charge on any atom is 0.262 e. The van der Waals surface area contributed by atoms with E-state index in [9.17, 15) is 0 Å². The molecule has 0 aliphatic rings. The number of nitrogens with two attached hydrogens (primary N) is 1. The second kappa shape index (κ2) is 4.40. The number of aryl methyl sites for hydroxylation is 1. The molecule has 0 amide bonds. The van der Waals surface area contributed by atoms with E-state index in [0.717, 1.165) is 5.69 Å². The van der Waals surface area contributed by atoms with Gasteiger partial charge in [0.2, 0.25) is 5.95 Å². The van der Waals surface area contributed by atoms with E-state index in [1.54, 1.807) is 19.4 Å². The minimum atomic E-state index is 0.220. The van der Waals surface area contributed by atoms with Gasteiger partial charge in [-0.2, -0.15) is 4.98 Å². The Hall–Kier alpha value is -1.76. The van der Waals surface area contributed by atoms with E-state index in [4.69, 9.17) is 10.2 Å². The summed E-state index contributed by atoms with van der Waals surface area (Å²) in [6, 6.07) is 1.78. The van der Waals surface area contributed by atoms with Crippen LogP contribution in [0.3, 0.4) is 0 Å². The number of hydrogen-bond donors (Lipinski definition) is 2. The predicted octanol–water partition coefficient (Wildman–Crippen LogP) is 1.55. The zero-order valence-corrected chi connectivity index (χ0v) is 9.71. The van der Waals surface area contributed by atoms with Crippen molar-refractivity contribution in [3.63, 3.8) is 0 Å². The van der Waals surface area contributed by atoms with E-state index >= 15 is 0 Å². The molecule has 0 atom stereocenters. The Bertz CT molecular complexity index is 498. The fraction of sp³-hybridized carbons (Fsp3) is 0.222. The van der Waals surface area contributed by atoms with Crippen molar-refractivity contribution >= 4 is 23.5 Å². The second-order valence-corrected chi connectivity index (χ2v) is 4.03. The second-order valence-electron chi connectivity index (χ2n) is 3.06. The smallest absolute Gasteiger partial charge is 0.262 e. The molecule has 2 aromatic rings. The highest BCUT2D eigenvalue weighted by Gasteiger charge is 2.07. The third kappa shape index (κ3) is 2.43. The van der Waals surface area contributed by atoms with Gasteiger partial charge in [0.05, 0.1) is 5.69 Å². The number of aromatic nitrogens is 3. The van der Waals surface area contributed by atoms with E-state index in [1.165, 1.54) is 11.8 Å². The van der Waals surface area contributed by atoms with Crippen LogP contribution in [0, 0.1) is 6.92 Å². The standard InChI is InChI=1S/C9H11N5OS/c1-5-4-15-9(12-5)16-7-3-6(11-2)13-8(10)14-7/h3-4H,1-2H3,(H3,10,11,13,14). The molecule has 0 unspecified atom stereocenters. The molecule has 0 radical (unpaired) electrons. The summed E-state index contributed by atoms with van der Waals surface area (Å²) in [4.78, 5) is 12.2. The van der Waals surface area contributed by atoms with Crippen LogP contribution in [0.2, 0.25) is 0 Å². The Kier molecular flexibility index (Phi) is 2.95. The first-order chi connectivity index (χ1) is 7.67. The Morgan fingerprint density at radius 3 is 2.81 bits per heavy atom. The normalized spacial score (nSPS) is 10.4. The van der Waals surface area contributed by atoms with Crippen LogP contribution in [-0.4, -0.2) is 22.0 Å². The predicted molar refractivity (Wildman–Crippen MR) is 61.4 cm³/mol. The quantitative estimate of drug-likeness (QED) is 0.782. The van der Waals surface area contributed by atoms with E-state index in [2.05, 4.69) is 20.3 Å². The Balaban J connectivity index is 2.24. The molecule has 0 saturated carbocycles. The summed E-state index contributed by atoms with van der Waals surface area (Å²) in [6.45, 7) is 1.86. The van der Waals surface area contributed by atoms with Crippen molar-refractivity contribution in [1.29, 1.82) is 0 Å². The van der Waals surface area contributed by atoms with Gasteiger partial charge in [-0.05, 0) is 18.7 Å². The third-order valence-electron chi connectivity index (χ3n) is 1.77. The molecule has 2 rings (SSSR count). The van der Waals surface area contributed by atoms with Gasteiger partial charge in [0.25, 0.3) is 5.22 Å². The van der Waals surface area contributed by atoms with Gasteiger partial charge in [0.1, 0.15) is 17.1 Å². The van der Waals surface area contributed by atoms with Crippen LogP contribution in [0.4, 0.5) is 11.8 Å². The van der Waals surface area contributed by atoms with Gasteiger partial charge in [-0.1, -0.05) is 0 Å². The molecule has 2 heterocycles. The summed E-state index contributed by atoms with van der Waals surface area (Å²) in [5.41, 5.74) is 6.40. The van der Waals surface area contributed by atoms with Gasteiger partial charge in [0.15, 0.2) is 0 Å². The maximum absolute atomic E-state index is 5.57. The number of nitrogens with zero attached hydrogens (tertiary/aromatic N) is 3. The molecular weight excluding hydrogens is 226 g/mol. The molecule has 2 aromatic heterocycles. The lowest BCUT2D eigenvalue weighted by molar-refractivity contribution is 0.454. The maximum atomic E-state index is 5.57. The van der Waals surface area contributed by atoms with Gasteiger partial charge in [0, 0.05) is 13.1 Å². The highest BCUT2D eigenvalue weighted by atomic mass is 32.2. The van der Waals surface area contributed by atoms with Gasteiger partial charge in [-0.25, -0.2) is 9.97 Å². The van der Waals surface area contributed by atoms with Crippen molar-refractivity contribution in [3.05, 3.63) is 18.0 Å². The zero-order valence-electron chi connectivity index (χ0n) is 8.89. The Morgan fingerprint density at radius 1 is 1.38 bits per heavy atom. The average molecular weight is 237 g/mol. The van der Waals surface area contributed by atoms with Gasteiger partial charge < -0.3 is 15.5 Å². The fourth-order valence-electron chi connectivity index (χ4n) is 1.09. The van der Waals surface area contributed by atoms with E-state index in [1.807, 2.05) is 6.92 Å². The number of nitrogens with one attached hydrogen (secondary N) is 1. The molecular formula is C9H11N5OS. The summed E-state index contributed by atoms with van der Waals surface area (Å²) in [5, 5.41) is 4.14. The van der Waals surface area contributed by atoms with Crippen LogP contribution in [0.1, 0.15) is 5.69 Å². The van der Waals surface area contributed by atoms with Crippen molar-refractivity contribution in [2.45, 2.75) is 17.2 Å². The molecule has 84 valence electrons. The van der Waals surface area contributed by atoms with Gasteiger partial charge in [-0.3, -0.25) is 0 Å². The fourth-order valence-corrected chi connectivity index (χ4v) is 1.87. The van der Waals surface area contributed by atoms with Crippen molar-refractivity contribution in [1.82, 2.24) is 15.0 Å². The lowest BCUT2D eigenvalue weighted by Gasteiger charge is -2.02. The average Bonchev–Trinajstić information content (AvgIpc) is 2.63. The summed E-state index contributed by atoms with van der Waals surface area (Å²) >= 11 is 1.30. The summed E-state index contributed by atoms with van der Waals surface area (Å²) in [5.74, 6) is 0.885. The molecule has 6 nitrogen and oxygen atoms in total. The van der Waals surface area contributed by atoms with Crippen LogP contribution >= 0.6 is 11.8 Å². The molecule has 3 N–H and O–H groups in total. The summed E-state index contributed by atoms with van der Waals surface area (Å²) in [6.07, 6.45) is 1.59. The van der Waals surface area contributed by atoms with E-state index in [-0.39, 0.29) is 5.95 Å². The SMILES string of the molecule is CNc1cc(Sc2nc(C)co2)nc(N)n1. The minimum absolute atomic E-state index is 0.220. The topological polar surface area (TPSA) is 89.9 Å². The van der Waals surface area contributed by atoms with Crippen LogP contribution in [0.5, 0.6) is 0 Å². The van der Waals surface area contributed by atoms with Crippen LogP contribution < -0.4 is 11.1 Å². The number of anilines is 2. The molecule has 0 saturated heterocycles. The molecule has 0 aliphatic heterocycles. The summed E-state index contributed by atoms with van der Waals surface area (Å²) in [7, 11) is 1.77. The highest BCUT2D eigenvalue weighted by molar-refractivity contribution is 7.99. The first-order valence-corrected chi connectivity index (χ1v) is 5.41. The van der Waals surface area contributed by atoms with Crippen LogP contribution in [-0.2, 0) is 0 Å².